The number of aromatic nitrogens is 1. The Bertz CT molecular complexity index is 2140. The molecular weight excluding hydrogens is 843 g/mol. The number of hydrogen-bond acceptors (Lipinski definition) is 5. The van der Waals surface area contributed by atoms with E-state index in [9.17, 15) is 9.90 Å². The van der Waals surface area contributed by atoms with Crippen LogP contribution in [0.15, 0.2) is 84.8 Å². The minimum atomic E-state index is -0.337. The van der Waals surface area contributed by atoms with Crippen molar-refractivity contribution in [2.24, 2.45) is 10.8 Å². The van der Waals surface area contributed by atoms with E-state index in [2.05, 4.69) is 100 Å². The molecule has 0 aliphatic rings. The summed E-state index contributed by atoms with van der Waals surface area (Å²) in [6.45, 7) is 21.2. The first kappa shape index (κ1) is 40.6. The molecule has 3 heterocycles. The zero-order valence-electron chi connectivity index (χ0n) is 31.8. The van der Waals surface area contributed by atoms with Gasteiger partial charge < -0.3 is 5.11 Å². The Morgan fingerprint density at radius 1 is 0.824 bits per heavy atom. The summed E-state index contributed by atoms with van der Waals surface area (Å²) in [5.41, 5.74) is 4.18. The number of pyridine rings is 1. The number of aliphatic hydroxyl groups is 1. The molecule has 0 fully saturated rings. The van der Waals surface area contributed by atoms with Crippen molar-refractivity contribution in [2.75, 3.05) is 0 Å². The largest absolute Gasteiger partial charge is 0.512 e. The van der Waals surface area contributed by atoms with E-state index in [4.69, 9.17) is 4.98 Å². The molecule has 0 saturated carbocycles. The zero-order valence-corrected chi connectivity index (χ0v) is 35.8. The number of aryl methyl sites for hydroxylation is 1. The van der Waals surface area contributed by atoms with E-state index >= 15 is 0 Å². The van der Waals surface area contributed by atoms with Gasteiger partial charge in [0.15, 0.2) is 5.78 Å². The number of carbonyl (C=O) groups excluding carboxylic acids is 1. The molecule has 3 aromatic carbocycles. The minimum Gasteiger partial charge on any atom is -0.512 e. The van der Waals surface area contributed by atoms with Gasteiger partial charge in [-0.3, -0.25) is 9.78 Å². The van der Waals surface area contributed by atoms with Gasteiger partial charge in [0.1, 0.15) is 5.76 Å². The molecule has 6 aromatic rings. The molecule has 51 heavy (non-hydrogen) atoms. The maximum absolute atomic E-state index is 12.2. The minimum absolute atomic E-state index is 0. The van der Waals surface area contributed by atoms with Gasteiger partial charge in [-0.25, -0.2) is 0 Å². The first-order valence-corrected chi connectivity index (χ1v) is 19.6. The fourth-order valence-electron chi connectivity index (χ4n) is 6.39. The predicted molar refractivity (Wildman–Crippen MR) is 219 cm³/mol. The molecule has 3 aromatic heterocycles. The monoisotopic (exact) mass is 895 g/mol. The van der Waals surface area contributed by atoms with Crippen molar-refractivity contribution in [2.45, 2.75) is 100 Å². The van der Waals surface area contributed by atoms with Crippen LogP contribution in [-0.4, -0.2) is 15.9 Å². The van der Waals surface area contributed by atoms with Crippen LogP contribution in [0.5, 0.6) is 0 Å². The summed E-state index contributed by atoms with van der Waals surface area (Å²) < 4.78 is 2.62. The van der Waals surface area contributed by atoms with Crippen LogP contribution in [0.3, 0.4) is 0 Å². The maximum atomic E-state index is 12.2. The molecule has 0 unspecified atom stereocenters. The first-order valence-electron chi connectivity index (χ1n) is 18.0. The first-order chi connectivity index (χ1) is 23.7. The van der Waals surface area contributed by atoms with Crippen LogP contribution in [0.4, 0.5) is 0 Å². The zero-order chi connectivity index (χ0) is 36.4. The van der Waals surface area contributed by atoms with Gasteiger partial charge >= 0.3 is 0 Å². The van der Waals surface area contributed by atoms with Crippen molar-refractivity contribution >= 4 is 59.4 Å². The smallest absolute Gasteiger partial charge is 0.164 e. The van der Waals surface area contributed by atoms with Crippen molar-refractivity contribution in [3.8, 4) is 21.0 Å². The Hall–Kier alpha value is -3.15. The van der Waals surface area contributed by atoms with E-state index in [-0.39, 0.29) is 47.9 Å². The SMILES string of the molecule is CCC(C)(CC)C(=O)/C=C(\O)C(C)(CC)CC.Cc1c(-c2cc3ccccc3s2)sc2ccnc(-c3[c-]c4ccccc4c(C(C)(C)C)c3)c12.[Ir]. The van der Waals surface area contributed by atoms with Crippen LogP contribution in [0, 0.1) is 23.8 Å². The van der Waals surface area contributed by atoms with E-state index in [1.807, 2.05) is 70.4 Å². The van der Waals surface area contributed by atoms with E-state index < -0.39 is 0 Å². The molecule has 1 N–H and O–H groups in total. The van der Waals surface area contributed by atoms with Crippen LogP contribution >= 0.6 is 22.7 Å². The molecule has 6 rings (SSSR count). The van der Waals surface area contributed by atoms with Gasteiger partial charge in [-0.15, -0.1) is 51.8 Å². The van der Waals surface area contributed by atoms with Crippen molar-refractivity contribution in [3.63, 3.8) is 0 Å². The third-order valence-corrected chi connectivity index (χ3v) is 13.5. The molecule has 0 amide bonds. The normalized spacial score (nSPS) is 12.5. The summed E-state index contributed by atoms with van der Waals surface area (Å²) in [5.74, 6) is 0.286. The molecule has 3 nitrogen and oxygen atoms in total. The molecule has 0 aliphatic heterocycles. The standard InChI is InChI=1S/C30H24NS2.C15H28O2.Ir/c1-18-27-25(33-29(18)26-17-20-10-6-8-12-24(20)32-26)13-14-31-28(27)21-15-19-9-5-7-11-22(19)23(16-21)30(2,3)4;1-7-14(5,8-2)12(16)11-13(17)15(6,9-3)10-4;/h5-14,16-17H,1-4H3;11,16H,7-10H2,1-6H3;/q-1;;/b;12-11-;. The molecule has 0 atom stereocenters. The summed E-state index contributed by atoms with van der Waals surface area (Å²) in [5, 5.41) is 15.1. The number of ketones is 1. The van der Waals surface area contributed by atoms with E-state index in [1.54, 1.807) is 0 Å². The number of aliphatic hydroxyl groups excluding tert-OH is 1. The summed E-state index contributed by atoms with van der Waals surface area (Å²) in [4.78, 5) is 19.8. The molecule has 1 radical (unpaired) electrons. The average molecular weight is 895 g/mol. The van der Waals surface area contributed by atoms with Crippen LogP contribution in [0.2, 0.25) is 0 Å². The van der Waals surface area contributed by atoms with Crippen molar-refractivity contribution in [3.05, 3.63) is 102 Å². The summed E-state index contributed by atoms with van der Waals surface area (Å²) >= 11 is 3.74. The molecule has 0 aliphatic carbocycles. The second-order valence-electron chi connectivity index (χ2n) is 15.1. The van der Waals surface area contributed by atoms with Crippen LogP contribution in [-0.2, 0) is 30.3 Å². The number of nitrogens with zero attached hydrogens (tertiary/aromatic N) is 1. The Balaban J connectivity index is 0.000000279. The molecule has 0 bridgehead atoms. The van der Waals surface area contributed by atoms with Gasteiger partial charge in [-0.2, -0.15) is 0 Å². The molecular formula is C45H52IrNO2S2-. The van der Waals surface area contributed by atoms with Gasteiger partial charge in [0.25, 0.3) is 0 Å². The van der Waals surface area contributed by atoms with E-state index in [1.165, 1.54) is 52.5 Å². The quantitative estimate of drug-likeness (QED) is 0.0894. The fourth-order valence-corrected chi connectivity index (χ4v) is 8.81. The fraction of sp³-hybridized carbons (Fsp3) is 0.378. The maximum Gasteiger partial charge on any atom is 0.164 e. The second-order valence-corrected chi connectivity index (χ2v) is 17.2. The molecule has 6 heteroatoms. The molecule has 271 valence electrons. The Morgan fingerprint density at radius 3 is 2.08 bits per heavy atom. The van der Waals surface area contributed by atoms with E-state index in [0.717, 1.165) is 42.3 Å². The molecule has 0 spiro atoms. The number of carbonyl (C=O) groups is 1. The molecule has 0 saturated heterocycles. The number of allylic oxidation sites excluding steroid dienone is 2. The van der Waals surface area contributed by atoms with Crippen molar-refractivity contribution < 1.29 is 30.0 Å². The average Bonchev–Trinajstić information content (AvgIpc) is 3.71. The Labute approximate surface area is 326 Å². The topological polar surface area (TPSA) is 50.2 Å². The number of benzene rings is 3. The van der Waals surface area contributed by atoms with E-state index in [0.29, 0.717) is 0 Å². The van der Waals surface area contributed by atoms with Gasteiger partial charge in [0, 0.05) is 68.1 Å². The Morgan fingerprint density at radius 2 is 1.45 bits per heavy atom. The Kier molecular flexibility index (Phi) is 12.9. The second kappa shape index (κ2) is 16.3. The van der Waals surface area contributed by atoms with Crippen LogP contribution in [0.1, 0.15) is 99.1 Å². The number of hydrogen-bond donors (Lipinski definition) is 1. The van der Waals surface area contributed by atoms with Crippen LogP contribution in [0.25, 0.3) is 52.0 Å². The summed E-state index contributed by atoms with van der Waals surface area (Å²) in [6.07, 6.45) is 6.70. The predicted octanol–water partition coefficient (Wildman–Crippen LogP) is 14.1. The summed E-state index contributed by atoms with van der Waals surface area (Å²) in [7, 11) is 0. The van der Waals surface area contributed by atoms with Gasteiger partial charge in [-0.05, 0) is 72.6 Å². The number of fused-ring (bicyclic) bond motifs is 3. The number of thiophene rings is 2. The third-order valence-electron chi connectivity index (χ3n) is 10.9. The number of rotatable bonds is 9. The third kappa shape index (κ3) is 8.25. The summed E-state index contributed by atoms with van der Waals surface area (Å²) in [6, 6.07) is 27.7. The van der Waals surface area contributed by atoms with Crippen molar-refractivity contribution in [1.82, 2.24) is 4.98 Å². The van der Waals surface area contributed by atoms with Gasteiger partial charge in [0.2, 0.25) is 0 Å². The van der Waals surface area contributed by atoms with Gasteiger partial charge in [-0.1, -0.05) is 110 Å². The van der Waals surface area contributed by atoms with Gasteiger partial charge in [0.05, 0.1) is 0 Å². The van der Waals surface area contributed by atoms with Crippen molar-refractivity contribution in [1.29, 1.82) is 0 Å². The van der Waals surface area contributed by atoms with Crippen LogP contribution < -0.4 is 0 Å².